The highest BCUT2D eigenvalue weighted by molar-refractivity contribution is 5.80. The summed E-state index contributed by atoms with van der Waals surface area (Å²) in [6.07, 6.45) is 6.52. The van der Waals surface area contributed by atoms with E-state index in [1.165, 1.54) is 6.42 Å². The van der Waals surface area contributed by atoms with Gasteiger partial charge in [0.25, 0.3) is 0 Å². The molecule has 0 aromatic rings. The zero-order chi connectivity index (χ0) is 13.1. The van der Waals surface area contributed by atoms with Crippen LogP contribution in [0.5, 0.6) is 0 Å². The zero-order valence-electron chi connectivity index (χ0n) is 11.3. The molecule has 3 atom stereocenters. The number of hydrogen-bond acceptors (Lipinski definition) is 3. The summed E-state index contributed by atoms with van der Waals surface area (Å²) in [6.45, 7) is 2.67. The molecule has 2 aliphatic carbocycles. The average Bonchev–Trinajstić information content (AvgIpc) is 2.29. The maximum atomic E-state index is 12.6. The molecule has 4 nitrogen and oxygen atoms in total. The molecule has 4 heteroatoms. The Balaban J connectivity index is 2.02. The highest BCUT2D eigenvalue weighted by Gasteiger charge is 2.38. The molecule has 2 aliphatic rings. The van der Waals surface area contributed by atoms with Crippen molar-refractivity contribution in [2.24, 2.45) is 17.6 Å². The molecule has 3 N–H and O–H groups in total. The number of carbonyl (C=O) groups is 1. The monoisotopic (exact) mass is 254 g/mol. The van der Waals surface area contributed by atoms with Gasteiger partial charge in [-0.2, -0.15) is 0 Å². The van der Waals surface area contributed by atoms with E-state index in [9.17, 15) is 4.79 Å². The first-order chi connectivity index (χ1) is 8.65. The first kappa shape index (κ1) is 13.8. The highest BCUT2D eigenvalue weighted by Crippen LogP contribution is 2.32. The van der Waals surface area contributed by atoms with Crippen molar-refractivity contribution in [3.63, 3.8) is 0 Å². The summed E-state index contributed by atoms with van der Waals surface area (Å²) in [7, 11) is 0. The summed E-state index contributed by atoms with van der Waals surface area (Å²) in [4.78, 5) is 14.5. The van der Waals surface area contributed by atoms with E-state index in [1.54, 1.807) is 0 Å². The topological polar surface area (TPSA) is 66.6 Å². The lowest BCUT2D eigenvalue weighted by Crippen LogP contribution is -2.53. The summed E-state index contributed by atoms with van der Waals surface area (Å²) >= 11 is 0. The first-order valence-electron chi connectivity index (χ1n) is 7.32. The Morgan fingerprint density at radius 1 is 1.28 bits per heavy atom. The Labute approximate surface area is 110 Å². The summed E-state index contributed by atoms with van der Waals surface area (Å²) in [6, 6.07) is 0.349. The van der Waals surface area contributed by atoms with Crippen molar-refractivity contribution in [2.75, 3.05) is 13.2 Å². The van der Waals surface area contributed by atoms with Gasteiger partial charge in [-0.1, -0.05) is 13.3 Å². The molecule has 0 heterocycles. The molecule has 2 fully saturated rings. The van der Waals surface area contributed by atoms with Gasteiger partial charge in [-0.3, -0.25) is 4.79 Å². The van der Waals surface area contributed by atoms with Crippen LogP contribution < -0.4 is 5.73 Å². The number of nitrogens with two attached hydrogens (primary N) is 1. The van der Waals surface area contributed by atoms with E-state index in [-0.39, 0.29) is 24.5 Å². The van der Waals surface area contributed by atoms with Gasteiger partial charge in [0.2, 0.25) is 5.91 Å². The van der Waals surface area contributed by atoms with E-state index >= 15 is 0 Å². The summed E-state index contributed by atoms with van der Waals surface area (Å²) in [5, 5.41) is 9.15. The number of aliphatic hydroxyl groups is 1. The molecular formula is C14H26N2O2. The van der Waals surface area contributed by atoms with E-state index in [1.807, 2.05) is 4.90 Å². The van der Waals surface area contributed by atoms with E-state index < -0.39 is 0 Å². The second-order valence-corrected chi connectivity index (χ2v) is 5.93. The lowest BCUT2D eigenvalue weighted by atomic mass is 9.77. The Kier molecular flexibility index (Phi) is 4.62. The van der Waals surface area contributed by atoms with Crippen molar-refractivity contribution in [1.29, 1.82) is 0 Å². The number of amides is 1. The van der Waals surface area contributed by atoms with Crippen molar-refractivity contribution in [3.8, 4) is 0 Å². The van der Waals surface area contributed by atoms with Crippen LogP contribution in [0.25, 0.3) is 0 Å². The molecule has 1 amide bonds. The Hall–Kier alpha value is -0.610. The van der Waals surface area contributed by atoms with Gasteiger partial charge in [-0.15, -0.1) is 0 Å². The van der Waals surface area contributed by atoms with Crippen LogP contribution in [0, 0.1) is 11.8 Å². The number of hydrogen-bond donors (Lipinski definition) is 2. The predicted octanol–water partition coefficient (Wildman–Crippen LogP) is 1.12. The first-order valence-corrected chi connectivity index (χ1v) is 7.32. The molecule has 2 saturated carbocycles. The molecule has 0 saturated heterocycles. The normalized spacial score (nSPS) is 32.9. The largest absolute Gasteiger partial charge is 0.395 e. The highest BCUT2D eigenvalue weighted by atomic mass is 16.3. The van der Waals surface area contributed by atoms with Gasteiger partial charge in [0.1, 0.15) is 0 Å². The van der Waals surface area contributed by atoms with Crippen molar-refractivity contribution < 1.29 is 9.90 Å². The van der Waals surface area contributed by atoms with Crippen LogP contribution in [-0.2, 0) is 4.79 Å². The number of aliphatic hydroxyl groups excluding tert-OH is 1. The molecule has 2 rings (SSSR count). The van der Waals surface area contributed by atoms with E-state index in [0.717, 1.165) is 32.1 Å². The Morgan fingerprint density at radius 2 is 1.94 bits per heavy atom. The summed E-state index contributed by atoms with van der Waals surface area (Å²) < 4.78 is 0. The van der Waals surface area contributed by atoms with Crippen molar-refractivity contribution in [1.82, 2.24) is 4.90 Å². The molecule has 0 aromatic carbocycles. The van der Waals surface area contributed by atoms with Crippen molar-refractivity contribution in [2.45, 2.75) is 57.5 Å². The number of carbonyl (C=O) groups excluding carboxylic acids is 1. The fourth-order valence-electron chi connectivity index (χ4n) is 3.22. The smallest absolute Gasteiger partial charge is 0.227 e. The third-order valence-electron chi connectivity index (χ3n) is 4.75. The second kappa shape index (κ2) is 6.02. The molecule has 0 spiro atoms. The minimum Gasteiger partial charge on any atom is -0.395 e. The minimum absolute atomic E-state index is 0.00693. The molecule has 0 aromatic heterocycles. The molecule has 104 valence electrons. The van der Waals surface area contributed by atoms with Crippen LogP contribution in [0.15, 0.2) is 0 Å². The fraction of sp³-hybridized carbons (Fsp3) is 0.929. The predicted molar refractivity (Wildman–Crippen MR) is 70.9 cm³/mol. The fourth-order valence-corrected chi connectivity index (χ4v) is 3.22. The van der Waals surface area contributed by atoms with Gasteiger partial charge in [-0.25, -0.2) is 0 Å². The summed E-state index contributed by atoms with van der Waals surface area (Å²) in [5.74, 6) is 0.596. The van der Waals surface area contributed by atoms with Crippen LogP contribution in [0.3, 0.4) is 0 Å². The average molecular weight is 254 g/mol. The molecule has 0 aliphatic heterocycles. The third kappa shape index (κ3) is 2.69. The van der Waals surface area contributed by atoms with Gasteiger partial charge in [-0.05, 0) is 38.0 Å². The van der Waals surface area contributed by atoms with Gasteiger partial charge in [0, 0.05) is 18.6 Å². The Bertz CT molecular complexity index is 286. The summed E-state index contributed by atoms with van der Waals surface area (Å²) in [5.41, 5.74) is 6.21. The Morgan fingerprint density at radius 3 is 2.50 bits per heavy atom. The molecule has 3 unspecified atom stereocenters. The van der Waals surface area contributed by atoms with Crippen LogP contribution >= 0.6 is 0 Å². The zero-order valence-corrected chi connectivity index (χ0v) is 11.3. The molecule has 18 heavy (non-hydrogen) atoms. The minimum atomic E-state index is -0.0269. The standard InChI is InChI=1S/C14H26N2O2/c1-10-4-2-7-12(13(10)15)14(18)16(8-9-17)11-5-3-6-11/h10-13,17H,2-9,15H2,1H3. The van der Waals surface area contributed by atoms with E-state index in [4.69, 9.17) is 10.8 Å². The van der Waals surface area contributed by atoms with E-state index in [2.05, 4.69) is 6.92 Å². The van der Waals surface area contributed by atoms with Gasteiger partial charge < -0.3 is 15.7 Å². The van der Waals surface area contributed by atoms with Crippen molar-refractivity contribution >= 4 is 5.91 Å². The molecule has 0 radical (unpaired) electrons. The van der Waals surface area contributed by atoms with E-state index in [0.29, 0.717) is 18.5 Å². The SMILES string of the molecule is CC1CCCC(C(=O)N(CCO)C2CCC2)C1N. The van der Waals surface area contributed by atoms with Gasteiger partial charge >= 0.3 is 0 Å². The maximum absolute atomic E-state index is 12.6. The lowest BCUT2D eigenvalue weighted by Gasteiger charge is -2.42. The number of nitrogens with zero attached hydrogens (tertiary/aromatic N) is 1. The maximum Gasteiger partial charge on any atom is 0.227 e. The van der Waals surface area contributed by atoms with Crippen molar-refractivity contribution in [3.05, 3.63) is 0 Å². The number of rotatable bonds is 4. The van der Waals surface area contributed by atoms with Crippen LogP contribution in [-0.4, -0.2) is 41.1 Å². The third-order valence-corrected chi connectivity index (χ3v) is 4.75. The van der Waals surface area contributed by atoms with Crippen LogP contribution in [0.4, 0.5) is 0 Å². The lowest BCUT2D eigenvalue weighted by molar-refractivity contribution is -0.142. The van der Waals surface area contributed by atoms with Crippen LogP contribution in [0.1, 0.15) is 45.4 Å². The van der Waals surface area contributed by atoms with Gasteiger partial charge in [0.15, 0.2) is 0 Å². The van der Waals surface area contributed by atoms with Crippen LogP contribution in [0.2, 0.25) is 0 Å². The second-order valence-electron chi connectivity index (χ2n) is 5.93. The molecule has 0 bridgehead atoms. The molecular weight excluding hydrogens is 228 g/mol. The van der Waals surface area contributed by atoms with Gasteiger partial charge in [0.05, 0.1) is 12.5 Å². The quantitative estimate of drug-likeness (QED) is 0.790.